The van der Waals surface area contributed by atoms with Crippen LogP contribution in [0.5, 0.6) is 17.2 Å². The molecule has 0 heterocycles. The van der Waals surface area contributed by atoms with Crippen molar-refractivity contribution in [2.75, 3.05) is 20.8 Å². The molecule has 0 atom stereocenters. The van der Waals surface area contributed by atoms with Gasteiger partial charge in [0.1, 0.15) is 5.75 Å². The lowest BCUT2D eigenvalue weighted by Gasteiger charge is -2.20. The standard InChI is InChI=1S/C22H23F2NO4/c1-4-14-25(15-16-8-11-18(27-2)12-9-16)20(26)13-10-17-6-5-7-19(28-3)21(17)29-22(23)24/h4-13,22H,1,14-15H2,2-3H3/b13-10+. The maximum absolute atomic E-state index is 12.7. The number of amides is 1. The van der Waals surface area contributed by atoms with Crippen LogP contribution < -0.4 is 14.2 Å². The van der Waals surface area contributed by atoms with E-state index in [0.717, 1.165) is 11.3 Å². The summed E-state index contributed by atoms with van der Waals surface area (Å²) in [5.74, 6) is 0.451. The van der Waals surface area contributed by atoms with Gasteiger partial charge in [-0.2, -0.15) is 8.78 Å². The Morgan fingerprint density at radius 2 is 1.86 bits per heavy atom. The number of carbonyl (C=O) groups excluding carboxylic acids is 1. The summed E-state index contributed by atoms with van der Waals surface area (Å²) >= 11 is 0. The average Bonchev–Trinajstić information content (AvgIpc) is 2.72. The molecule has 0 saturated heterocycles. The normalized spacial score (nSPS) is 10.8. The van der Waals surface area contributed by atoms with Crippen LogP contribution in [0.4, 0.5) is 8.78 Å². The van der Waals surface area contributed by atoms with Crippen molar-refractivity contribution in [2.24, 2.45) is 0 Å². The fraction of sp³-hybridized carbons (Fsp3) is 0.227. The number of halogens is 2. The summed E-state index contributed by atoms with van der Waals surface area (Å²) in [6.45, 7) is 1.36. The molecule has 2 rings (SSSR count). The maximum Gasteiger partial charge on any atom is 0.387 e. The molecule has 0 aromatic heterocycles. The molecule has 0 spiro atoms. The van der Waals surface area contributed by atoms with Gasteiger partial charge in [0.2, 0.25) is 5.91 Å². The number of carbonyl (C=O) groups is 1. The number of hydrogen-bond donors (Lipinski definition) is 0. The predicted octanol–water partition coefficient (Wildman–Crippen LogP) is 4.53. The van der Waals surface area contributed by atoms with E-state index in [2.05, 4.69) is 11.3 Å². The Morgan fingerprint density at radius 1 is 1.14 bits per heavy atom. The van der Waals surface area contributed by atoms with Crippen molar-refractivity contribution in [3.05, 3.63) is 72.3 Å². The number of hydrogen-bond acceptors (Lipinski definition) is 4. The number of alkyl halides is 2. The molecule has 2 aromatic carbocycles. The largest absolute Gasteiger partial charge is 0.497 e. The van der Waals surface area contributed by atoms with Gasteiger partial charge in [0.05, 0.1) is 14.2 Å². The third-order valence-electron chi connectivity index (χ3n) is 4.04. The highest BCUT2D eigenvalue weighted by atomic mass is 19.3. The van der Waals surface area contributed by atoms with Gasteiger partial charge in [0, 0.05) is 24.7 Å². The highest BCUT2D eigenvalue weighted by Crippen LogP contribution is 2.33. The molecule has 1 amide bonds. The van der Waals surface area contributed by atoms with E-state index in [1.165, 1.54) is 25.3 Å². The predicted molar refractivity (Wildman–Crippen MR) is 107 cm³/mol. The number of benzene rings is 2. The van der Waals surface area contributed by atoms with E-state index in [-0.39, 0.29) is 17.4 Å². The molecule has 0 unspecified atom stereocenters. The summed E-state index contributed by atoms with van der Waals surface area (Å²) in [7, 11) is 2.94. The highest BCUT2D eigenvalue weighted by Gasteiger charge is 2.15. The van der Waals surface area contributed by atoms with Crippen LogP contribution in [0.3, 0.4) is 0 Å². The van der Waals surface area contributed by atoms with Crippen molar-refractivity contribution < 1.29 is 27.8 Å². The van der Waals surface area contributed by atoms with Gasteiger partial charge in [0.15, 0.2) is 11.5 Å². The third kappa shape index (κ3) is 6.34. The minimum atomic E-state index is -3.01. The molecule has 29 heavy (non-hydrogen) atoms. The number of nitrogens with zero attached hydrogens (tertiary/aromatic N) is 1. The van der Waals surface area contributed by atoms with Crippen LogP contribution in [-0.2, 0) is 11.3 Å². The van der Waals surface area contributed by atoms with Crippen LogP contribution in [0.25, 0.3) is 6.08 Å². The maximum atomic E-state index is 12.7. The van der Waals surface area contributed by atoms with E-state index in [1.54, 1.807) is 30.2 Å². The van der Waals surface area contributed by atoms with Crippen molar-refractivity contribution >= 4 is 12.0 Å². The second kappa shape index (κ2) is 10.8. The number of rotatable bonds is 10. The van der Waals surface area contributed by atoms with E-state index in [4.69, 9.17) is 9.47 Å². The Hall–Kier alpha value is -3.35. The average molecular weight is 403 g/mol. The first-order valence-corrected chi connectivity index (χ1v) is 8.81. The first-order valence-electron chi connectivity index (χ1n) is 8.81. The van der Waals surface area contributed by atoms with Crippen LogP contribution in [0.2, 0.25) is 0 Å². The third-order valence-corrected chi connectivity index (χ3v) is 4.04. The Kier molecular flexibility index (Phi) is 8.21. The zero-order chi connectivity index (χ0) is 21.2. The summed E-state index contributed by atoms with van der Waals surface area (Å²) < 4.78 is 40.2. The molecule has 154 valence electrons. The summed E-state index contributed by atoms with van der Waals surface area (Å²) in [5, 5.41) is 0. The quantitative estimate of drug-likeness (QED) is 0.432. The number of methoxy groups -OCH3 is 2. The Labute approximate surface area is 168 Å². The van der Waals surface area contributed by atoms with Gasteiger partial charge in [-0.05, 0) is 29.8 Å². The van der Waals surface area contributed by atoms with Gasteiger partial charge >= 0.3 is 6.61 Å². The molecule has 0 bridgehead atoms. The summed E-state index contributed by atoms with van der Waals surface area (Å²) in [6, 6.07) is 12.0. The number of ether oxygens (including phenoxy) is 3. The summed E-state index contributed by atoms with van der Waals surface area (Å²) in [4.78, 5) is 14.2. The molecule has 0 aliphatic rings. The molecule has 7 heteroatoms. The monoisotopic (exact) mass is 403 g/mol. The zero-order valence-electron chi connectivity index (χ0n) is 16.3. The van der Waals surface area contributed by atoms with E-state index < -0.39 is 6.61 Å². The molecule has 0 aliphatic carbocycles. The molecule has 0 aliphatic heterocycles. The molecule has 0 radical (unpaired) electrons. The first-order chi connectivity index (χ1) is 14.0. The smallest absolute Gasteiger partial charge is 0.387 e. The van der Waals surface area contributed by atoms with Crippen molar-refractivity contribution in [1.82, 2.24) is 4.90 Å². The van der Waals surface area contributed by atoms with Crippen LogP contribution in [-0.4, -0.2) is 38.2 Å². The lowest BCUT2D eigenvalue weighted by molar-refractivity contribution is -0.126. The molecular weight excluding hydrogens is 380 g/mol. The van der Waals surface area contributed by atoms with Crippen molar-refractivity contribution in [1.29, 1.82) is 0 Å². The van der Waals surface area contributed by atoms with E-state index in [1.807, 2.05) is 24.3 Å². The van der Waals surface area contributed by atoms with Gasteiger partial charge in [-0.3, -0.25) is 4.79 Å². The van der Waals surface area contributed by atoms with Gasteiger partial charge < -0.3 is 19.1 Å². The Morgan fingerprint density at radius 3 is 2.45 bits per heavy atom. The summed E-state index contributed by atoms with van der Waals surface area (Å²) in [5.41, 5.74) is 1.22. The Bertz CT molecular complexity index is 850. The minimum absolute atomic E-state index is 0.125. The van der Waals surface area contributed by atoms with Gasteiger partial charge in [0.25, 0.3) is 0 Å². The second-order valence-corrected chi connectivity index (χ2v) is 5.95. The van der Waals surface area contributed by atoms with Gasteiger partial charge in [-0.15, -0.1) is 6.58 Å². The van der Waals surface area contributed by atoms with E-state index in [9.17, 15) is 13.6 Å². The van der Waals surface area contributed by atoms with Crippen molar-refractivity contribution in [2.45, 2.75) is 13.2 Å². The van der Waals surface area contributed by atoms with Crippen LogP contribution in [0.1, 0.15) is 11.1 Å². The highest BCUT2D eigenvalue weighted by molar-refractivity contribution is 5.92. The van der Waals surface area contributed by atoms with Crippen LogP contribution in [0, 0.1) is 0 Å². The van der Waals surface area contributed by atoms with Crippen molar-refractivity contribution in [3.63, 3.8) is 0 Å². The van der Waals surface area contributed by atoms with Gasteiger partial charge in [-0.1, -0.05) is 30.3 Å². The Balaban J connectivity index is 2.20. The van der Waals surface area contributed by atoms with E-state index >= 15 is 0 Å². The van der Waals surface area contributed by atoms with Gasteiger partial charge in [-0.25, -0.2) is 0 Å². The molecule has 5 nitrogen and oxygen atoms in total. The fourth-order valence-corrected chi connectivity index (χ4v) is 2.65. The lowest BCUT2D eigenvalue weighted by Crippen LogP contribution is -2.29. The van der Waals surface area contributed by atoms with Crippen molar-refractivity contribution in [3.8, 4) is 17.2 Å². The molecule has 2 aromatic rings. The van der Waals surface area contributed by atoms with Crippen LogP contribution >= 0.6 is 0 Å². The second-order valence-electron chi connectivity index (χ2n) is 5.95. The van der Waals surface area contributed by atoms with E-state index in [0.29, 0.717) is 18.7 Å². The summed E-state index contributed by atoms with van der Waals surface area (Å²) in [6.07, 6.45) is 4.35. The molecule has 0 N–H and O–H groups in total. The molecule has 0 saturated carbocycles. The minimum Gasteiger partial charge on any atom is -0.497 e. The zero-order valence-corrected chi connectivity index (χ0v) is 16.3. The first kappa shape index (κ1) is 21.9. The van der Waals surface area contributed by atoms with Crippen LogP contribution in [0.15, 0.2) is 61.2 Å². The SMILES string of the molecule is C=CCN(Cc1ccc(OC)cc1)C(=O)/C=C/c1cccc(OC)c1OC(F)F. The molecule has 0 fully saturated rings. The molecular formula is C22H23F2NO4. The lowest BCUT2D eigenvalue weighted by atomic mass is 10.1. The number of para-hydroxylation sites is 1. The topological polar surface area (TPSA) is 48.0 Å². The fourth-order valence-electron chi connectivity index (χ4n) is 2.65.